The monoisotopic (exact) mass is 167 g/mol. The second kappa shape index (κ2) is 3.17. The molecule has 1 fully saturated rings. The lowest BCUT2D eigenvalue weighted by atomic mass is 9.85. The lowest BCUT2D eigenvalue weighted by molar-refractivity contribution is 0.233. The van der Waals surface area contributed by atoms with Gasteiger partial charge >= 0.3 is 5.95 Å². The molecule has 1 aromatic rings. The van der Waals surface area contributed by atoms with E-state index in [9.17, 15) is 0 Å². The molecular formula is C9H13NO2. The summed E-state index contributed by atoms with van der Waals surface area (Å²) in [6.45, 7) is 2.57. The van der Waals surface area contributed by atoms with Crippen LogP contribution in [0.4, 0.5) is 0 Å². The Morgan fingerprint density at radius 1 is 1.67 bits per heavy atom. The topological polar surface area (TPSA) is 35.3 Å². The second-order valence-corrected chi connectivity index (χ2v) is 3.08. The van der Waals surface area contributed by atoms with Crippen LogP contribution in [0.5, 0.6) is 5.95 Å². The van der Waals surface area contributed by atoms with E-state index in [2.05, 4.69) is 4.98 Å². The highest BCUT2D eigenvalue weighted by Gasteiger charge is 2.24. The van der Waals surface area contributed by atoms with Crippen LogP contribution < -0.4 is 4.74 Å². The smallest absolute Gasteiger partial charge is 0.305 e. The van der Waals surface area contributed by atoms with Crippen molar-refractivity contribution in [3.63, 3.8) is 0 Å². The van der Waals surface area contributed by atoms with Gasteiger partial charge in [-0.3, -0.25) is 0 Å². The summed E-state index contributed by atoms with van der Waals surface area (Å²) in [7, 11) is 0. The van der Waals surface area contributed by atoms with E-state index in [1.165, 1.54) is 19.3 Å². The molecule has 1 aliphatic carbocycles. The average Bonchev–Trinajstić information content (AvgIpc) is 2.34. The Morgan fingerprint density at radius 3 is 3.08 bits per heavy atom. The zero-order chi connectivity index (χ0) is 8.39. The maximum Gasteiger partial charge on any atom is 0.305 e. The predicted octanol–water partition coefficient (Wildman–Crippen LogP) is 2.34. The van der Waals surface area contributed by atoms with Crippen LogP contribution in [0.15, 0.2) is 10.6 Å². The highest BCUT2D eigenvalue weighted by Crippen LogP contribution is 2.36. The quantitative estimate of drug-likeness (QED) is 0.693. The summed E-state index contributed by atoms with van der Waals surface area (Å²) in [5.41, 5.74) is 0. The Kier molecular flexibility index (Phi) is 2.02. The number of nitrogens with zero attached hydrogens (tertiary/aromatic N) is 1. The number of ether oxygens (including phenoxy) is 1. The van der Waals surface area contributed by atoms with Gasteiger partial charge < -0.3 is 9.15 Å². The van der Waals surface area contributed by atoms with Crippen molar-refractivity contribution < 1.29 is 9.15 Å². The molecule has 1 heterocycles. The Balaban J connectivity index is 2.02. The first-order valence-corrected chi connectivity index (χ1v) is 4.48. The molecule has 0 bridgehead atoms. The van der Waals surface area contributed by atoms with Gasteiger partial charge in [0.2, 0.25) is 5.89 Å². The first-order chi connectivity index (χ1) is 5.90. The first-order valence-electron chi connectivity index (χ1n) is 4.48. The minimum atomic E-state index is 0.555. The van der Waals surface area contributed by atoms with Crippen LogP contribution in [-0.4, -0.2) is 11.6 Å². The first kappa shape index (κ1) is 7.65. The van der Waals surface area contributed by atoms with Crippen molar-refractivity contribution in [2.45, 2.75) is 32.1 Å². The summed E-state index contributed by atoms with van der Waals surface area (Å²) in [6, 6.07) is 0. The summed E-state index contributed by atoms with van der Waals surface area (Å²) < 4.78 is 10.6. The Morgan fingerprint density at radius 2 is 2.50 bits per heavy atom. The highest BCUT2D eigenvalue weighted by atomic mass is 16.6. The fraction of sp³-hybridized carbons (Fsp3) is 0.667. The van der Waals surface area contributed by atoms with Gasteiger partial charge in [0.05, 0.1) is 6.61 Å². The van der Waals surface area contributed by atoms with Crippen molar-refractivity contribution in [2.24, 2.45) is 0 Å². The number of aromatic nitrogens is 1. The van der Waals surface area contributed by atoms with Crippen molar-refractivity contribution in [2.75, 3.05) is 6.61 Å². The lowest BCUT2D eigenvalue weighted by Gasteiger charge is -2.21. The summed E-state index contributed by atoms with van der Waals surface area (Å²) in [6.07, 6.45) is 5.40. The third-order valence-electron chi connectivity index (χ3n) is 2.24. The van der Waals surface area contributed by atoms with E-state index in [-0.39, 0.29) is 0 Å². The maximum absolute atomic E-state index is 5.39. The molecule has 0 amide bonds. The van der Waals surface area contributed by atoms with Gasteiger partial charge in [-0.15, -0.1) is 0 Å². The molecule has 0 spiro atoms. The van der Waals surface area contributed by atoms with E-state index in [4.69, 9.17) is 9.15 Å². The van der Waals surface area contributed by atoms with E-state index < -0.39 is 0 Å². The maximum atomic E-state index is 5.39. The van der Waals surface area contributed by atoms with Crippen molar-refractivity contribution in [1.82, 2.24) is 4.98 Å². The molecule has 1 saturated carbocycles. The number of hydrogen-bond donors (Lipinski definition) is 0. The second-order valence-electron chi connectivity index (χ2n) is 3.08. The van der Waals surface area contributed by atoms with Crippen LogP contribution in [0.1, 0.15) is 38.0 Å². The van der Waals surface area contributed by atoms with Crippen molar-refractivity contribution >= 4 is 0 Å². The highest BCUT2D eigenvalue weighted by molar-refractivity contribution is 5.05. The molecule has 3 heteroatoms. The number of rotatable bonds is 3. The zero-order valence-electron chi connectivity index (χ0n) is 7.25. The molecular weight excluding hydrogens is 154 g/mol. The molecule has 0 aliphatic heterocycles. The third kappa shape index (κ3) is 1.31. The molecule has 66 valence electrons. The van der Waals surface area contributed by atoms with E-state index in [0.717, 1.165) is 5.89 Å². The molecule has 0 radical (unpaired) electrons. The molecule has 2 rings (SSSR count). The van der Waals surface area contributed by atoms with Crippen molar-refractivity contribution in [3.8, 4) is 5.95 Å². The molecule has 0 atom stereocenters. The average molecular weight is 167 g/mol. The number of hydrogen-bond acceptors (Lipinski definition) is 3. The summed E-state index contributed by atoms with van der Waals surface area (Å²) >= 11 is 0. The normalized spacial score (nSPS) is 17.4. The minimum absolute atomic E-state index is 0.555. The van der Waals surface area contributed by atoms with E-state index in [0.29, 0.717) is 18.5 Å². The fourth-order valence-electron chi connectivity index (χ4n) is 1.33. The summed E-state index contributed by atoms with van der Waals surface area (Å²) in [5, 5.41) is 0. The fourth-order valence-corrected chi connectivity index (χ4v) is 1.33. The largest absolute Gasteiger partial charge is 0.464 e. The molecule has 3 nitrogen and oxygen atoms in total. The van der Waals surface area contributed by atoms with Gasteiger partial charge in [0.1, 0.15) is 6.20 Å². The minimum Gasteiger partial charge on any atom is -0.464 e. The van der Waals surface area contributed by atoms with Gasteiger partial charge in [0, 0.05) is 5.92 Å². The SMILES string of the molecule is CCOc1cnc(C2CCC2)o1. The van der Waals surface area contributed by atoms with E-state index in [1.54, 1.807) is 6.20 Å². The van der Waals surface area contributed by atoms with Crippen LogP contribution in [0.25, 0.3) is 0 Å². The van der Waals surface area contributed by atoms with Crippen LogP contribution in [0.2, 0.25) is 0 Å². The van der Waals surface area contributed by atoms with Crippen LogP contribution in [-0.2, 0) is 0 Å². The molecule has 0 N–H and O–H groups in total. The standard InChI is InChI=1S/C9H13NO2/c1-2-11-8-6-10-9(12-8)7-4-3-5-7/h6-7H,2-5H2,1H3. The van der Waals surface area contributed by atoms with Gasteiger partial charge in [-0.25, -0.2) is 4.98 Å². The Bertz CT molecular complexity index is 253. The third-order valence-corrected chi connectivity index (χ3v) is 2.24. The lowest BCUT2D eigenvalue weighted by Crippen LogP contribution is -2.08. The molecule has 1 aliphatic rings. The predicted molar refractivity (Wildman–Crippen MR) is 44.3 cm³/mol. The van der Waals surface area contributed by atoms with Gasteiger partial charge in [0.15, 0.2) is 0 Å². The molecule has 12 heavy (non-hydrogen) atoms. The van der Waals surface area contributed by atoms with Gasteiger partial charge in [0.25, 0.3) is 0 Å². The van der Waals surface area contributed by atoms with Crippen LogP contribution in [0.3, 0.4) is 0 Å². The van der Waals surface area contributed by atoms with Gasteiger partial charge in [-0.05, 0) is 19.8 Å². The number of oxazole rings is 1. The van der Waals surface area contributed by atoms with Crippen LogP contribution >= 0.6 is 0 Å². The molecule has 0 unspecified atom stereocenters. The molecule has 0 aromatic carbocycles. The Hall–Kier alpha value is -0.990. The molecule has 1 aromatic heterocycles. The Labute approximate surface area is 71.7 Å². The van der Waals surface area contributed by atoms with Crippen LogP contribution in [0, 0.1) is 0 Å². The summed E-state index contributed by atoms with van der Waals surface area (Å²) in [5.74, 6) is 1.96. The van der Waals surface area contributed by atoms with Crippen molar-refractivity contribution in [1.29, 1.82) is 0 Å². The van der Waals surface area contributed by atoms with Gasteiger partial charge in [-0.1, -0.05) is 6.42 Å². The zero-order valence-corrected chi connectivity index (χ0v) is 7.25. The molecule has 0 saturated heterocycles. The van der Waals surface area contributed by atoms with Crippen molar-refractivity contribution in [3.05, 3.63) is 12.1 Å². The van der Waals surface area contributed by atoms with Gasteiger partial charge in [-0.2, -0.15) is 0 Å². The van der Waals surface area contributed by atoms with E-state index >= 15 is 0 Å². The summed E-state index contributed by atoms with van der Waals surface area (Å²) in [4.78, 5) is 4.17. The van der Waals surface area contributed by atoms with E-state index in [1.807, 2.05) is 6.92 Å².